The van der Waals surface area contributed by atoms with Crippen LogP contribution in [0.4, 0.5) is 5.69 Å². The summed E-state index contributed by atoms with van der Waals surface area (Å²) in [5.41, 5.74) is 5.64. The number of allylic oxidation sites excluding steroid dienone is 6. The molecule has 1 nitrogen and oxygen atoms in total. The quantitative estimate of drug-likeness (QED) is 0.585. The minimum absolute atomic E-state index is 0.315. The van der Waals surface area contributed by atoms with E-state index in [0.29, 0.717) is 5.41 Å². The first-order valence-corrected chi connectivity index (χ1v) is 9.02. The summed E-state index contributed by atoms with van der Waals surface area (Å²) in [5.74, 6) is 0. The van der Waals surface area contributed by atoms with Crippen LogP contribution in [0.1, 0.15) is 46.1 Å². The highest BCUT2D eigenvalue weighted by Gasteiger charge is 2.24. The highest BCUT2D eigenvalue weighted by atomic mass is 15.1. The van der Waals surface area contributed by atoms with E-state index in [1.54, 1.807) is 0 Å². The van der Waals surface area contributed by atoms with Crippen molar-refractivity contribution in [1.82, 2.24) is 0 Å². The summed E-state index contributed by atoms with van der Waals surface area (Å²) in [6, 6.07) is 8.85. The first-order chi connectivity index (χ1) is 11.5. The Labute approximate surface area is 148 Å². The summed E-state index contributed by atoms with van der Waals surface area (Å²) in [6.07, 6.45) is 13.1. The van der Waals surface area contributed by atoms with Gasteiger partial charge in [0, 0.05) is 18.8 Å². The number of hydrogen-bond acceptors (Lipinski definition) is 1. The van der Waals surface area contributed by atoms with Gasteiger partial charge in [0.2, 0.25) is 0 Å². The van der Waals surface area contributed by atoms with E-state index in [1.807, 2.05) is 6.08 Å². The molecule has 0 fully saturated rings. The highest BCUT2D eigenvalue weighted by molar-refractivity contribution is 5.58. The van der Waals surface area contributed by atoms with Crippen LogP contribution in [0.2, 0.25) is 0 Å². The van der Waals surface area contributed by atoms with Crippen LogP contribution >= 0.6 is 0 Å². The third-order valence-corrected chi connectivity index (χ3v) is 4.58. The molecule has 0 aliphatic heterocycles. The van der Waals surface area contributed by atoms with Gasteiger partial charge in [-0.05, 0) is 60.9 Å². The van der Waals surface area contributed by atoms with Gasteiger partial charge in [0.25, 0.3) is 0 Å². The van der Waals surface area contributed by atoms with E-state index in [1.165, 1.54) is 22.4 Å². The average Bonchev–Trinajstić information content (AvgIpc) is 2.54. The fourth-order valence-corrected chi connectivity index (χ4v) is 3.46. The van der Waals surface area contributed by atoms with Crippen molar-refractivity contribution in [3.63, 3.8) is 0 Å². The molecular weight excluding hydrogens is 290 g/mol. The molecule has 0 unspecified atom stereocenters. The Bertz CT molecular complexity index is 637. The van der Waals surface area contributed by atoms with Crippen molar-refractivity contribution in [2.24, 2.45) is 5.41 Å². The molecule has 1 aromatic carbocycles. The van der Waals surface area contributed by atoms with E-state index < -0.39 is 0 Å². The van der Waals surface area contributed by atoms with Crippen LogP contribution < -0.4 is 4.90 Å². The summed E-state index contributed by atoms with van der Waals surface area (Å²) in [7, 11) is 0. The zero-order chi connectivity index (χ0) is 17.6. The maximum absolute atomic E-state index is 3.83. The van der Waals surface area contributed by atoms with Crippen LogP contribution in [0.25, 0.3) is 6.08 Å². The van der Waals surface area contributed by atoms with Gasteiger partial charge in [-0.15, -0.1) is 0 Å². The lowest BCUT2D eigenvalue weighted by Gasteiger charge is -2.30. The van der Waals surface area contributed by atoms with Gasteiger partial charge in [-0.3, -0.25) is 0 Å². The first kappa shape index (κ1) is 18.3. The molecule has 1 aliphatic carbocycles. The molecule has 0 aromatic heterocycles. The van der Waals surface area contributed by atoms with E-state index >= 15 is 0 Å². The number of anilines is 1. The third-order valence-electron chi connectivity index (χ3n) is 4.58. The second kappa shape index (κ2) is 8.19. The average molecular weight is 322 g/mol. The molecule has 0 bridgehead atoms. The molecule has 1 heteroatoms. The Kier molecular flexibility index (Phi) is 6.25. The predicted molar refractivity (Wildman–Crippen MR) is 108 cm³/mol. The van der Waals surface area contributed by atoms with Gasteiger partial charge < -0.3 is 4.90 Å². The van der Waals surface area contributed by atoms with Crippen LogP contribution in [-0.2, 0) is 0 Å². The van der Waals surface area contributed by atoms with Gasteiger partial charge in [0.1, 0.15) is 0 Å². The number of hydrogen-bond donors (Lipinski definition) is 0. The topological polar surface area (TPSA) is 3.24 Å². The summed E-state index contributed by atoms with van der Waals surface area (Å²) < 4.78 is 0. The SMILES string of the molecule is C=C/C=C1C=C(/C=C/c2ccc(N(CC)CC)cc2)CC(C)(C)C/1. The molecule has 0 N–H and O–H groups in total. The zero-order valence-corrected chi connectivity index (χ0v) is 15.7. The predicted octanol–water partition coefficient (Wildman–Crippen LogP) is 6.40. The Balaban J connectivity index is 2.15. The maximum Gasteiger partial charge on any atom is 0.0366 e. The van der Waals surface area contributed by atoms with Crippen LogP contribution in [-0.4, -0.2) is 13.1 Å². The number of benzene rings is 1. The van der Waals surface area contributed by atoms with E-state index in [-0.39, 0.29) is 0 Å². The van der Waals surface area contributed by atoms with Crippen molar-refractivity contribution in [2.75, 3.05) is 18.0 Å². The van der Waals surface area contributed by atoms with Crippen molar-refractivity contribution in [3.05, 3.63) is 71.9 Å². The molecule has 1 aromatic rings. The molecular formula is C23H31N. The summed E-state index contributed by atoms with van der Waals surface area (Å²) in [4.78, 5) is 2.37. The van der Waals surface area contributed by atoms with E-state index in [9.17, 15) is 0 Å². The van der Waals surface area contributed by atoms with Gasteiger partial charge in [-0.1, -0.05) is 62.9 Å². The molecule has 0 heterocycles. The summed E-state index contributed by atoms with van der Waals surface area (Å²) in [6.45, 7) is 15.0. The van der Waals surface area contributed by atoms with Crippen LogP contribution in [0.5, 0.6) is 0 Å². The summed E-state index contributed by atoms with van der Waals surface area (Å²) in [5, 5.41) is 0. The molecule has 128 valence electrons. The van der Waals surface area contributed by atoms with Crippen molar-refractivity contribution in [1.29, 1.82) is 0 Å². The fourth-order valence-electron chi connectivity index (χ4n) is 3.46. The maximum atomic E-state index is 3.83. The normalized spacial score (nSPS) is 18.7. The smallest absolute Gasteiger partial charge is 0.0366 e. The standard InChI is InChI=1S/C23H31N/c1-6-9-20-16-21(18-23(4,5)17-20)11-10-19-12-14-22(15-13-19)24(7-2)8-3/h6,9-16H,1,7-8,17-18H2,2-5H3/b11-10+,20-9-. The van der Waals surface area contributed by atoms with Gasteiger partial charge >= 0.3 is 0 Å². The molecule has 2 rings (SSSR count). The lowest BCUT2D eigenvalue weighted by atomic mass is 9.75. The Hall–Kier alpha value is -2.02. The van der Waals surface area contributed by atoms with Gasteiger partial charge in [-0.2, -0.15) is 0 Å². The van der Waals surface area contributed by atoms with E-state index in [0.717, 1.165) is 25.9 Å². The Morgan fingerprint density at radius 2 is 1.71 bits per heavy atom. The number of rotatable bonds is 6. The molecule has 0 saturated heterocycles. The van der Waals surface area contributed by atoms with Crippen molar-refractivity contribution < 1.29 is 0 Å². The zero-order valence-electron chi connectivity index (χ0n) is 15.7. The monoisotopic (exact) mass is 321 g/mol. The molecule has 24 heavy (non-hydrogen) atoms. The Morgan fingerprint density at radius 1 is 1.04 bits per heavy atom. The van der Waals surface area contributed by atoms with E-state index in [4.69, 9.17) is 0 Å². The minimum atomic E-state index is 0.315. The highest BCUT2D eigenvalue weighted by Crippen LogP contribution is 2.38. The van der Waals surface area contributed by atoms with Crippen molar-refractivity contribution in [3.8, 4) is 0 Å². The van der Waals surface area contributed by atoms with Crippen molar-refractivity contribution in [2.45, 2.75) is 40.5 Å². The minimum Gasteiger partial charge on any atom is -0.372 e. The lowest BCUT2D eigenvalue weighted by Crippen LogP contribution is -2.21. The molecule has 0 spiro atoms. The van der Waals surface area contributed by atoms with Crippen molar-refractivity contribution >= 4 is 11.8 Å². The lowest BCUT2D eigenvalue weighted by molar-refractivity contribution is 0.355. The largest absolute Gasteiger partial charge is 0.372 e. The first-order valence-electron chi connectivity index (χ1n) is 9.02. The van der Waals surface area contributed by atoms with Crippen LogP contribution in [0.3, 0.4) is 0 Å². The van der Waals surface area contributed by atoms with Gasteiger partial charge in [-0.25, -0.2) is 0 Å². The molecule has 1 aliphatic rings. The molecule has 0 radical (unpaired) electrons. The van der Waals surface area contributed by atoms with Gasteiger partial charge in [0.05, 0.1) is 0 Å². The van der Waals surface area contributed by atoms with Crippen LogP contribution in [0, 0.1) is 5.41 Å². The third kappa shape index (κ3) is 4.99. The molecule has 0 atom stereocenters. The second-order valence-corrected chi connectivity index (χ2v) is 7.31. The molecule has 0 saturated carbocycles. The Morgan fingerprint density at radius 3 is 2.29 bits per heavy atom. The van der Waals surface area contributed by atoms with Crippen LogP contribution in [0.15, 0.2) is 66.3 Å². The van der Waals surface area contributed by atoms with E-state index in [2.05, 4.69) is 87.7 Å². The fraction of sp³-hybridized carbons (Fsp3) is 0.391. The second-order valence-electron chi connectivity index (χ2n) is 7.31. The van der Waals surface area contributed by atoms with Gasteiger partial charge in [0.15, 0.2) is 0 Å². The summed E-state index contributed by atoms with van der Waals surface area (Å²) >= 11 is 0. The molecule has 0 amide bonds. The number of nitrogens with zero attached hydrogens (tertiary/aromatic N) is 1.